The maximum absolute atomic E-state index is 12.5. The molecular weight excluding hydrogens is 264 g/mol. The van der Waals surface area contributed by atoms with Crippen molar-refractivity contribution in [3.8, 4) is 0 Å². The summed E-state index contributed by atoms with van der Waals surface area (Å²) in [7, 11) is 0. The standard InChI is InChI=1S/C17H24N2O2/c1-11(2)10-18-15(20)17(8-9-17)16(21)19-14-7-5-6-12(3)13(14)4/h5-7,11H,8-10H2,1-4H3,(H,18,20)(H,19,21). The van der Waals surface area contributed by atoms with E-state index in [0.717, 1.165) is 16.8 Å². The molecule has 4 nitrogen and oxygen atoms in total. The normalized spacial score (nSPS) is 15.7. The Morgan fingerprint density at radius 1 is 1.19 bits per heavy atom. The molecule has 0 spiro atoms. The molecule has 1 aromatic rings. The zero-order valence-electron chi connectivity index (χ0n) is 13.2. The van der Waals surface area contributed by atoms with Crippen LogP contribution in [0.1, 0.15) is 37.8 Å². The Labute approximate surface area is 126 Å². The second-order valence-corrected chi connectivity index (χ2v) is 6.39. The quantitative estimate of drug-likeness (QED) is 0.819. The summed E-state index contributed by atoms with van der Waals surface area (Å²) in [6.45, 7) is 8.67. The van der Waals surface area contributed by atoms with Gasteiger partial charge in [-0.1, -0.05) is 26.0 Å². The second kappa shape index (κ2) is 5.88. The van der Waals surface area contributed by atoms with Crippen molar-refractivity contribution < 1.29 is 9.59 Å². The van der Waals surface area contributed by atoms with Crippen LogP contribution in [0.15, 0.2) is 18.2 Å². The van der Waals surface area contributed by atoms with E-state index >= 15 is 0 Å². The van der Waals surface area contributed by atoms with E-state index in [1.807, 2.05) is 45.9 Å². The lowest BCUT2D eigenvalue weighted by Crippen LogP contribution is -2.41. The molecular formula is C17H24N2O2. The van der Waals surface area contributed by atoms with Gasteiger partial charge < -0.3 is 10.6 Å². The van der Waals surface area contributed by atoms with E-state index < -0.39 is 5.41 Å². The number of hydrogen-bond acceptors (Lipinski definition) is 2. The Morgan fingerprint density at radius 2 is 1.86 bits per heavy atom. The highest BCUT2D eigenvalue weighted by atomic mass is 16.2. The van der Waals surface area contributed by atoms with Gasteiger partial charge in [-0.3, -0.25) is 9.59 Å². The molecule has 0 aliphatic heterocycles. The lowest BCUT2D eigenvalue weighted by molar-refractivity contribution is -0.134. The molecule has 1 aliphatic carbocycles. The molecule has 2 rings (SSSR count). The van der Waals surface area contributed by atoms with Crippen LogP contribution in [0.25, 0.3) is 0 Å². The molecule has 0 radical (unpaired) electrons. The van der Waals surface area contributed by atoms with Gasteiger partial charge in [0.15, 0.2) is 0 Å². The first-order chi connectivity index (χ1) is 9.86. The van der Waals surface area contributed by atoms with Crippen molar-refractivity contribution in [1.29, 1.82) is 0 Å². The number of anilines is 1. The molecule has 1 fully saturated rings. The van der Waals surface area contributed by atoms with Gasteiger partial charge in [0, 0.05) is 12.2 Å². The smallest absolute Gasteiger partial charge is 0.240 e. The molecule has 0 unspecified atom stereocenters. The summed E-state index contributed by atoms with van der Waals surface area (Å²) in [5, 5.41) is 5.80. The number of benzene rings is 1. The van der Waals surface area contributed by atoms with E-state index in [-0.39, 0.29) is 11.8 Å². The van der Waals surface area contributed by atoms with Crippen molar-refractivity contribution in [3.05, 3.63) is 29.3 Å². The van der Waals surface area contributed by atoms with Crippen LogP contribution in [0.5, 0.6) is 0 Å². The van der Waals surface area contributed by atoms with Gasteiger partial charge in [0.25, 0.3) is 0 Å². The summed E-state index contributed by atoms with van der Waals surface area (Å²) in [6, 6.07) is 5.80. The minimum absolute atomic E-state index is 0.140. The first-order valence-electron chi connectivity index (χ1n) is 7.53. The van der Waals surface area contributed by atoms with Crippen LogP contribution in [0, 0.1) is 25.2 Å². The molecule has 21 heavy (non-hydrogen) atoms. The van der Waals surface area contributed by atoms with E-state index in [4.69, 9.17) is 0 Å². The average molecular weight is 288 g/mol. The predicted octanol–water partition coefficient (Wildman–Crippen LogP) is 2.79. The van der Waals surface area contributed by atoms with E-state index in [9.17, 15) is 9.59 Å². The third kappa shape index (κ3) is 3.26. The highest BCUT2D eigenvalue weighted by Crippen LogP contribution is 2.47. The molecule has 1 aromatic carbocycles. The highest BCUT2D eigenvalue weighted by molar-refractivity contribution is 6.13. The zero-order chi connectivity index (χ0) is 15.6. The van der Waals surface area contributed by atoms with Crippen molar-refractivity contribution in [1.82, 2.24) is 5.32 Å². The van der Waals surface area contributed by atoms with E-state index in [0.29, 0.717) is 25.3 Å². The molecule has 0 bridgehead atoms. The monoisotopic (exact) mass is 288 g/mol. The number of carbonyl (C=O) groups excluding carboxylic acids is 2. The Kier molecular flexibility index (Phi) is 4.35. The van der Waals surface area contributed by atoms with Crippen molar-refractivity contribution >= 4 is 17.5 Å². The Hall–Kier alpha value is -1.84. The number of amides is 2. The Balaban J connectivity index is 2.06. The summed E-state index contributed by atoms with van der Waals surface area (Å²) in [4.78, 5) is 24.7. The largest absolute Gasteiger partial charge is 0.355 e. The average Bonchev–Trinajstić information content (AvgIpc) is 3.22. The topological polar surface area (TPSA) is 58.2 Å². The molecule has 4 heteroatoms. The summed E-state index contributed by atoms with van der Waals surface area (Å²) < 4.78 is 0. The Morgan fingerprint density at radius 3 is 2.43 bits per heavy atom. The molecule has 0 aromatic heterocycles. The summed E-state index contributed by atoms with van der Waals surface area (Å²) in [6.07, 6.45) is 1.27. The maximum Gasteiger partial charge on any atom is 0.240 e. The minimum atomic E-state index is -0.856. The van der Waals surface area contributed by atoms with Crippen molar-refractivity contribution in [3.63, 3.8) is 0 Å². The van der Waals surface area contributed by atoms with Gasteiger partial charge in [0.1, 0.15) is 5.41 Å². The fourth-order valence-electron chi connectivity index (χ4n) is 2.28. The van der Waals surface area contributed by atoms with Crippen molar-refractivity contribution in [2.45, 2.75) is 40.5 Å². The van der Waals surface area contributed by atoms with Crippen molar-refractivity contribution in [2.75, 3.05) is 11.9 Å². The molecule has 2 N–H and O–H groups in total. The predicted molar refractivity (Wildman–Crippen MR) is 84.1 cm³/mol. The molecule has 1 aliphatic rings. The van der Waals surface area contributed by atoms with E-state index in [2.05, 4.69) is 10.6 Å². The fourth-order valence-corrected chi connectivity index (χ4v) is 2.28. The first-order valence-corrected chi connectivity index (χ1v) is 7.53. The first kappa shape index (κ1) is 15.5. The van der Waals surface area contributed by atoms with Crippen LogP contribution < -0.4 is 10.6 Å². The minimum Gasteiger partial charge on any atom is -0.355 e. The van der Waals surface area contributed by atoms with Gasteiger partial charge in [-0.2, -0.15) is 0 Å². The van der Waals surface area contributed by atoms with Crippen LogP contribution in [0.2, 0.25) is 0 Å². The second-order valence-electron chi connectivity index (χ2n) is 6.39. The van der Waals surface area contributed by atoms with Crippen LogP contribution in [0.3, 0.4) is 0 Å². The summed E-state index contributed by atoms with van der Waals surface area (Å²) in [5.74, 6) is 0.0586. The van der Waals surface area contributed by atoms with Crippen molar-refractivity contribution in [2.24, 2.45) is 11.3 Å². The maximum atomic E-state index is 12.5. The van der Waals surface area contributed by atoms with Crippen LogP contribution in [-0.4, -0.2) is 18.4 Å². The molecule has 0 atom stereocenters. The van der Waals surface area contributed by atoms with Crippen LogP contribution >= 0.6 is 0 Å². The number of carbonyl (C=O) groups is 2. The molecule has 0 heterocycles. The number of nitrogens with one attached hydrogen (secondary N) is 2. The summed E-state index contributed by atoms with van der Waals surface area (Å²) >= 11 is 0. The number of aryl methyl sites for hydroxylation is 1. The third-order valence-corrected chi connectivity index (χ3v) is 4.14. The SMILES string of the molecule is Cc1cccc(NC(=O)C2(C(=O)NCC(C)C)CC2)c1C. The van der Waals surface area contributed by atoms with Crippen LogP contribution in [0.4, 0.5) is 5.69 Å². The molecule has 0 saturated heterocycles. The number of rotatable bonds is 5. The van der Waals surface area contributed by atoms with Gasteiger partial charge in [-0.05, 0) is 49.8 Å². The fraction of sp³-hybridized carbons (Fsp3) is 0.529. The van der Waals surface area contributed by atoms with Gasteiger partial charge in [0.2, 0.25) is 11.8 Å². The summed E-state index contributed by atoms with van der Waals surface area (Å²) in [5.41, 5.74) is 2.11. The van der Waals surface area contributed by atoms with Crippen LogP contribution in [-0.2, 0) is 9.59 Å². The van der Waals surface area contributed by atoms with E-state index in [1.54, 1.807) is 0 Å². The zero-order valence-corrected chi connectivity index (χ0v) is 13.2. The van der Waals surface area contributed by atoms with Gasteiger partial charge in [-0.25, -0.2) is 0 Å². The molecule has 1 saturated carbocycles. The molecule has 114 valence electrons. The lowest BCUT2D eigenvalue weighted by Gasteiger charge is -2.17. The Bertz CT molecular complexity index is 560. The van der Waals surface area contributed by atoms with E-state index in [1.165, 1.54) is 0 Å². The van der Waals surface area contributed by atoms with Gasteiger partial charge in [-0.15, -0.1) is 0 Å². The highest BCUT2D eigenvalue weighted by Gasteiger charge is 2.56. The molecule has 2 amide bonds. The lowest BCUT2D eigenvalue weighted by atomic mass is 10.0. The third-order valence-electron chi connectivity index (χ3n) is 4.14. The van der Waals surface area contributed by atoms with Gasteiger partial charge >= 0.3 is 0 Å². The van der Waals surface area contributed by atoms with Gasteiger partial charge in [0.05, 0.1) is 0 Å². The number of hydrogen-bond donors (Lipinski definition) is 2.